The number of methoxy groups -OCH3 is 1. The Balaban J connectivity index is 2.09. The summed E-state index contributed by atoms with van der Waals surface area (Å²) in [5.74, 6) is -0.278. The summed E-state index contributed by atoms with van der Waals surface area (Å²) >= 11 is 1.39. The van der Waals surface area contributed by atoms with Gasteiger partial charge in [-0.05, 0) is 43.9 Å². The van der Waals surface area contributed by atoms with Crippen molar-refractivity contribution < 1.29 is 14.3 Å². The Labute approximate surface area is 163 Å². The van der Waals surface area contributed by atoms with Crippen LogP contribution in [0.5, 0.6) is 5.75 Å². The van der Waals surface area contributed by atoms with Gasteiger partial charge in [0.15, 0.2) is 0 Å². The number of Topliss-reactive ketones (excluding diaryl/α,β-unsaturated/α-hetero) is 1. The van der Waals surface area contributed by atoms with Crippen LogP contribution in [0.4, 0.5) is 5.69 Å². The molecule has 3 rings (SSSR count). The first-order chi connectivity index (χ1) is 13.0. The van der Waals surface area contributed by atoms with E-state index in [4.69, 9.17) is 4.74 Å². The summed E-state index contributed by atoms with van der Waals surface area (Å²) in [6.07, 6.45) is 1.25. The highest BCUT2D eigenvalue weighted by Gasteiger charge is 2.39. The summed E-state index contributed by atoms with van der Waals surface area (Å²) in [5.41, 5.74) is 1.49. The third kappa shape index (κ3) is 3.63. The number of anilines is 1. The summed E-state index contributed by atoms with van der Waals surface area (Å²) in [6.45, 7) is 3.85. The number of thioether (sulfide) groups is 1. The first-order valence-electron chi connectivity index (χ1n) is 8.54. The van der Waals surface area contributed by atoms with Crippen LogP contribution in [-0.2, 0) is 9.59 Å². The Kier molecular flexibility index (Phi) is 5.68. The highest BCUT2D eigenvalue weighted by molar-refractivity contribution is 8.00. The number of rotatable bonds is 5. The lowest BCUT2D eigenvalue weighted by molar-refractivity contribution is -0.136. The van der Waals surface area contributed by atoms with E-state index in [1.54, 1.807) is 25.3 Å². The lowest BCUT2D eigenvalue weighted by Gasteiger charge is -2.33. The van der Waals surface area contributed by atoms with E-state index >= 15 is 0 Å². The van der Waals surface area contributed by atoms with Crippen LogP contribution in [0.1, 0.15) is 10.8 Å². The second-order valence-electron chi connectivity index (χ2n) is 6.39. The van der Waals surface area contributed by atoms with Gasteiger partial charge in [-0.25, -0.2) is 0 Å². The molecule has 2 aromatic carbocycles. The van der Waals surface area contributed by atoms with E-state index in [9.17, 15) is 9.59 Å². The number of ether oxygens (including phenoxy) is 1. The van der Waals surface area contributed by atoms with Crippen LogP contribution < -0.4 is 9.64 Å². The normalized spacial score (nSPS) is 18.1. The summed E-state index contributed by atoms with van der Waals surface area (Å²) in [6, 6.07) is 14.8. The van der Waals surface area contributed by atoms with Crippen LogP contribution >= 0.6 is 11.8 Å². The first kappa shape index (κ1) is 19.2. The zero-order valence-electron chi connectivity index (χ0n) is 15.6. The number of ketones is 1. The average Bonchev–Trinajstić information content (AvgIpc) is 2.79. The van der Waals surface area contributed by atoms with Crippen molar-refractivity contribution in [2.24, 2.45) is 0 Å². The van der Waals surface area contributed by atoms with E-state index in [-0.39, 0.29) is 0 Å². The van der Waals surface area contributed by atoms with Gasteiger partial charge in [-0.3, -0.25) is 19.4 Å². The monoisotopic (exact) mass is 382 g/mol. The predicted octanol–water partition coefficient (Wildman–Crippen LogP) is 3.52. The molecule has 0 saturated heterocycles. The molecular formula is C21H22N2O3S. The molecule has 0 saturated carbocycles. The van der Waals surface area contributed by atoms with E-state index in [0.29, 0.717) is 5.75 Å². The van der Waals surface area contributed by atoms with Gasteiger partial charge in [0, 0.05) is 4.90 Å². The number of carbonyl (C=O) groups excluding carboxylic acids is 2. The molecule has 0 aromatic heterocycles. The Morgan fingerprint density at radius 2 is 1.81 bits per heavy atom. The Bertz CT molecular complexity index is 864. The van der Waals surface area contributed by atoms with Crippen molar-refractivity contribution in [2.75, 3.05) is 26.1 Å². The van der Waals surface area contributed by atoms with E-state index in [2.05, 4.69) is 6.58 Å². The second-order valence-corrected chi connectivity index (χ2v) is 7.54. The SMILES string of the molecule is C=CC(N(C)C)N1C(=O)C(=O)C(c2ccc(OC)cc2)Sc2ccccc21. The van der Waals surface area contributed by atoms with Crippen molar-refractivity contribution in [3.63, 3.8) is 0 Å². The number of fused-ring (bicyclic) bond motifs is 1. The number of hydrogen-bond donors (Lipinski definition) is 0. The molecule has 0 fully saturated rings. The maximum atomic E-state index is 13.2. The average molecular weight is 382 g/mol. The molecule has 1 aliphatic heterocycles. The van der Waals surface area contributed by atoms with E-state index in [1.165, 1.54) is 16.7 Å². The lowest BCUT2D eigenvalue weighted by atomic mass is 10.1. The predicted molar refractivity (Wildman–Crippen MR) is 108 cm³/mol. The topological polar surface area (TPSA) is 49.9 Å². The summed E-state index contributed by atoms with van der Waals surface area (Å²) < 4.78 is 5.19. The first-order valence-corrected chi connectivity index (χ1v) is 9.42. The van der Waals surface area contributed by atoms with Crippen molar-refractivity contribution in [1.29, 1.82) is 0 Å². The van der Waals surface area contributed by atoms with E-state index in [0.717, 1.165) is 16.1 Å². The van der Waals surface area contributed by atoms with Gasteiger partial charge in [0.05, 0.1) is 12.8 Å². The maximum Gasteiger partial charge on any atom is 0.297 e. The molecule has 27 heavy (non-hydrogen) atoms. The number of benzene rings is 2. The summed E-state index contributed by atoms with van der Waals surface area (Å²) in [5, 5.41) is -0.609. The Hall–Kier alpha value is -2.57. The molecule has 2 aromatic rings. The van der Waals surface area contributed by atoms with Crippen LogP contribution in [0.3, 0.4) is 0 Å². The third-order valence-corrected chi connectivity index (χ3v) is 5.78. The zero-order chi connectivity index (χ0) is 19.6. The largest absolute Gasteiger partial charge is 0.497 e. The molecule has 1 heterocycles. The minimum absolute atomic E-state index is 0.419. The van der Waals surface area contributed by atoms with Crippen molar-refractivity contribution in [3.8, 4) is 5.75 Å². The van der Waals surface area contributed by atoms with Crippen LogP contribution in [0.25, 0.3) is 0 Å². The molecule has 0 N–H and O–H groups in total. The van der Waals surface area contributed by atoms with Gasteiger partial charge in [0.2, 0.25) is 5.78 Å². The smallest absolute Gasteiger partial charge is 0.297 e. The highest BCUT2D eigenvalue weighted by Crippen LogP contribution is 2.44. The Morgan fingerprint density at radius 3 is 2.41 bits per heavy atom. The lowest BCUT2D eigenvalue weighted by Crippen LogP contribution is -2.50. The van der Waals surface area contributed by atoms with Gasteiger partial charge in [-0.15, -0.1) is 11.8 Å². The van der Waals surface area contributed by atoms with Gasteiger partial charge in [0.25, 0.3) is 5.91 Å². The third-order valence-electron chi connectivity index (χ3n) is 4.46. The van der Waals surface area contributed by atoms with Gasteiger partial charge in [-0.1, -0.05) is 36.9 Å². The maximum absolute atomic E-state index is 13.2. The molecule has 0 radical (unpaired) electrons. The van der Waals surface area contributed by atoms with Gasteiger partial charge in [-0.2, -0.15) is 0 Å². The van der Waals surface area contributed by atoms with Crippen molar-refractivity contribution in [2.45, 2.75) is 16.3 Å². The van der Waals surface area contributed by atoms with Crippen molar-refractivity contribution in [1.82, 2.24) is 4.90 Å². The molecule has 2 unspecified atom stereocenters. The fourth-order valence-electron chi connectivity index (χ4n) is 3.08. The quantitative estimate of drug-likeness (QED) is 0.585. The fourth-order valence-corrected chi connectivity index (χ4v) is 4.28. The number of amides is 1. The molecule has 5 nitrogen and oxygen atoms in total. The van der Waals surface area contributed by atoms with E-state index < -0.39 is 23.1 Å². The molecule has 140 valence electrons. The van der Waals surface area contributed by atoms with Crippen LogP contribution in [-0.4, -0.2) is 44.0 Å². The summed E-state index contributed by atoms with van der Waals surface area (Å²) in [4.78, 5) is 30.6. The molecule has 0 aliphatic carbocycles. The number of hydrogen-bond acceptors (Lipinski definition) is 5. The number of likely N-dealkylation sites (N-methyl/N-ethyl adjacent to an activating group) is 1. The number of nitrogens with zero attached hydrogens (tertiary/aromatic N) is 2. The molecule has 1 amide bonds. The van der Waals surface area contributed by atoms with Gasteiger partial charge >= 0.3 is 0 Å². The molecule has 2 atom stereocenters. The Morgan fingerprint density at radius 1 is 1.15 bits per heavy atom. The molecule has 0 spiro atoms. The van der Waals surface area contributed by atoms with Crippen LogP contribution in [0.15, 0.2) is 66.1 Å². The van der Waals surface area contributed by atoms with Crippen molar-refractivity contribution >= 4 is 29.1 Å². The highest BCUT2D eigenvalue weighted by atomic mass is 32.2. The molecule has 0 bridgehead atoms. The fraction of sp³-hybridized carbons (Fsp3) is 0.238. The van der Waals surface area contributed by atoms with E-state index in [1.807, 2.05) is 55.4 Å². The minimum Gasteiger partial charge on any atom is -0.497 e. The molecule has 1 aliphatic rings. The number of carbonyl (C=O) groups is 2. The second kappa shape index (κ2) is 7.98. The minimum atomic E-state index is -0.609. The van der Waals surface area contributed by atoms with Crippen LogP contribution in [0, 0.1) is 0 Å². The molecule has 6 heteroatoms. The number of para-hydroxylation sites is 1. The van der Waals surface area contributed by atoms with Crippen LogP contribution in [0.2, 0.25) is 0 Å². The molecular weight excluding hydrogens is 360 g/mol. The van der Waals surface area contributed by atoms with Gasteiger partial charge < -0.3 is 4.74 Å². The summed E-state index contributed by atoms with van der Waals surface area (Å²) in [7, 11) is 5.30. The zero-order valence-corrected chi connectivity index (χ0v) is 16.4. The van der Waals surface area contributed by atoms with Gasteiger partial charge in [0.1, 0.15) is 17.2 Å². The van der Waals surface area contributed by atoms with Crippen molar-refractivity contribution in [3.05, 3.63) is 66.7 Å². The standard InChI is InChI=1S/C21H22N2O3S/c1-5-18(22(2)3)23-16-8-6-7-9-17(16)27-20(19(24)21(23)25)14-10-12-15(26-4)13-11-14/h5-13,18,20H,1H2,2-4H3.